The van der Waals surface area contributed by atoms with Gasteiger partial charge in [-0.3, -0.25) is 9.48 Å². The van der Waals surface area contributed by atoms with Crippen LogP contribution in [0, 0.1) is 0 Å². The van der Waals surface area contributed by atoms with Crippen LogP contribution in [-0.4, -0.2) is 27.4 Å². The zero-order chi connectivity index (χ0) is 17.0. The molecule has 1 aromatic heterocycles. The summed E-state index contributed by atoms with van der Waals surface area (Å²) in [6, 6.07) is 5.19. The van der Waals surface area contributed by atoms with E-state index in [1.165, 1.54) is 0 Å². The van der Waals surface area contributed by atoms with Crippen LogP contribution in [0.4, 0.5) is 5.69 Å². The highest BCUT2D eigenvalue weighted by Crippen LogP contribution is 2.23. The van der Waals surface area contributed by atoms with Gasteiger partial charge in [0.25, 0.3) is 5.91 Å². The molecule has 0 aliphatic rings. The van der Waals surface area contributed by atoms with Crippen molar-refractivity contribution in [3.05, 3.63) is 41.7 Å². The number of ether oxygens (including phenoxy) is 1. The number of benzene rings is 1. The summed E-state index contributed by atoms with van der Waals surface area (Å²) in [7, 11) is 0. The van der Waals surface area contributed by atoms with Crippen molar-refractivity contribution in [2.45, 2.75) is 39.8 Å². The standard InChI is InChI=1S/C17H23N3O3/c1-5-23-15-7-6-14(8-12(15)11-21)19-16(22)13-9-18-20(10-13)17(2,3)4/h6-10,21H,5,11H2,1-4H3,(H,19,22). The van der Waals surface area contributed by atoms with Gasteiger partial charge in [-0.1, -0.05) is 0 Å². The first-order chi connectivity index (χ1) is 10.8. The summed E-state index contributed by atoms with van der Waals surface area (Å²) in [5.74, 6) is 0.377. The van der Waals surface area contributed by atoms with E-state index in [-0.39, 0.29) is 18.1 Å². The van der Waals surface area contributed by atoms with E-state index in [2.05, 4.69) is 10.4 Å². The molecule has 0 aliphatic heterocycles. The summed E-state index contributed by atoms with van der Waals surface area (Å²) in [5.41, 5.74) is 1.54. The fourth-order valence-corrected chi connectivity index (χ4v) is 2.09. The molecule has 0 fully saturated rings. The lowest BCUT2D eigenvalue weighted by molar-refractivity contribution is 0.102. The Labute approximate surface area is 136 Å². The Morgan fingerprint density at radius 3 is 2.70 bits per heavy atom. The molecule has 0 bridgehead atoms. The molecule has 0 spiro atoms. The smallest absolute Gasteiger partial charge is 0.258 e. The lowest BCUT2D eigenvalue weighted by Crippen LogP contribution is -2.22. The monoisotopic (exact) mass is 317 g/mol. The lowest BCUT2D eigenvalue weighted by Gasteiger charge is -2.18. The van der Waals surface area contributed by atoms with Gasteiger partial charge in [-0.15, -0.1) is 0 Å². The molecule has 23 heavy (non-hydrogen) atoms. The summed E-state index contributed by atoms with van der Waals surface area (Å²) >= 11 is 0. The number of rotatable bonds is 5. The number of aliphatic hydroxyl groups is 1. The minimum absolute atomic E-state index is 0.152. The summed E-state index contributed by atoms with van der Waals surface area (Å²) in [6.07, 6.45) is 3.26. The molecule has 1 aromatic carbocycles. The molecule has 2 N–H and O–H groups in total. The second-order valence-corrected chi connectivity index (χ2v) is 6.21. The third kappa shape index (κ3) is 4.10. The molecule has 1 amide bonds. The van der Waals surface area contributed by atoms with Gasteiger partial charge < -0.3 is 15.2 Å². The third-order valence-electron chi connectivity index (χ3n) is 3.32. The SMILES string of the molecule is CCOc1ccc(NC(=O)c2cnn(C(C)(C)C)c2)cc1CO. The summed E-state index contributed by atoms with van der Waals surface area (Å²) < 4.78 is 7.18. The number of anilines is 1. The molecular weight excluding hydrogens is 294 g/mol. The Balaban J connectivity index is 2.15. The highest BCUT2D eigenvalue weighted by Gasteiger charge is 2.17. The molecule has 0 saturated carbocycles. The molecule has 1 heterocycles. The van der Waals surface area contributed by atoms with E-state index in [0.717, 1.165) is 0 Å². The second kappa shape index (κ2) is 6.83. The minimum atomic E-state index is -0.242. The zero-order valence-corrected chi connectivity index (χ0v) is 14.0. The van der Waals surface area contributed by atoms with Crippen LogP contribution in [0.25, 0.3) is 0 Å². The normalized spacial score (nSPS) is 11.3. The van der Waals surface area contributed by atoms with Crippen LogP contribution in [0.5, 0.6) is 5.75 Å². The number of hydrogen-bond acceptors (Lipinski definition) is 4. The zero-order valence-electron chi connectivity index (χ0n) is 14.0. The number of carbonyl (C=O) groups is 1. The van der Waals surface area contributed by atoms with E-state index < -0.39 is 0 Å². The summed E-state index contributed by atoms with van der Waals surface area (Å²) in [4.78, 5) is 12.3. The number of carbonyl (C=O) groups excluding carboxylic acids is 1. The number of aromatic nitrogens is 2. The molecule has 0 saturated heterocycles. The van der Waals surface area contributed by atoms with Crippen LogP contribution in [0.3, 0.4) is 0 Å². The summed E-state index contributed by atoms with van der Waals surface area (Å²) in [6.45, 7) is 8.29. The molecule has 0 unspecified atom stereocenters. The van der Waals surface area contributed by atoms with Gasteiger partial charge in [-0.05, 0) is 45.9 Å². The molecule has 2 rings (SSSR count). The maximum atomic E-state index is 12.3. The largest absolute Gasteiger partial charge is 0.494 e. The topological polar surface area (TPSA) is 76.4 Å². The van der Waals surface area contributed by atoms with Gasteiger partial charge >= 0.3 is 0 Å². The van der Waals surface area contributed by atoms with Gasteiger partial charge in [-0.25, -0.2) is 0 Å². The lowest BCUT2D eigenvalue weighted by atomic mass is 10.1. The van der Waals surface area contributed by atoms with Crippen LogP contribution in [0.2, 0.25) is 0 Å². The Morgan fingerprint density at radius 2 is 2.13 bits per heavy atom. The van der Waals surface area contributed by atoms with Crippen LogP contribution in [-0.2, 0) is 12.1 Å². The molecule has 124 valence electrons. The van der Waals surface area contributed by atoms with E-state index in [1.807, 2.05) is 27.7 Å². The van der Waals surface area contributed by atoms with E-state index >= 15 is 0 Å². The van der Waals surface area contributed by atoms with Gasteiger partial charge in [-0.2, -0.15) is 5.10 Å². The van der Waals surface area contributed by atoms with Crippen molar-refractivity contribution in [3.8, 4) is 5.75 Å². The van der Waals surface area contributed by atoms with Gasteiger partial charge in [0.15, 0.2) is 0 Å². The predicted octanol–water partition coefficient (Wildman–Crippen LogP) is 2.78. The fraction of sp³-hybridized carbons (Fsp3) is 0.412. The summed E-state index contributed by atoms with van der Waals surface area (Å²) in [5, 5.41) is 16.4. The molecular formula is C17H23N3O3. The Morgan fingerprint density at radius 1 is 1.39 bits per heavy atom. The van der Waals surface area contributed by atoms with Crippen LogP contribution < -0.4 is 10.1 Å². The van der Waals surface area contributed by atoms with E-state index in [9.17, 15) is 9.90 Å². The van der Waals surface area contributed by atoms with Crippen molar-refractivity contribution < 1.29 is 14.6 Å². The van der Waals surface area contributed by atoms with Gasteiger partial charge in [0, 0.05) is 17.4 Å². The molecule has 6 heteroatoms. The Bertz CT molecular complexity index is 687. The average molecular weight is 317 g/mol. The second-order valence-electron chi connectivity index (χ2n) is 6.21. The molecule has 0 aliphatic carbocycles. The third-order valence-corrected chi connectivity index (χ3v) is 3.32. The predicted molar refractivity (Wildman–Crippen MR) is 88.7 cm³/mol. The first kappa shape index (κ1) is 17.0. The van der Waals surface area contributed by atoms with E-state index in [0.29, 0.717) is 29.2 Å². The highest BCUT2D eigenvalue weighted by atomic mass is 16.5. The Kier molecular flexibility index (Phi) is 5.05. The quantitative estimate of drug-likeness (QED) is 0.889. The Hall–Kier alpha value is -2.34. The van der Waals surface area contributed by atoms with Gasteiger partial charge in [0.05, 0.1) is 30.5 Å². The van der Waals surface area contributed by atoms with Gasteiger partial charge in [0.1, 0.15) is 5.75 Å². The molecule has 0 radical (unpaired) electrons. The van der Waals surface area contributed by atoms with Crippen molar-refractivity contribution in [2.75, 3.05) is 11.9 Å². The average Bonchev–Trinajstić information content (AvgIpc) is 2.99. The van der Waals surface area contributed by atoms with E-state index in [1.54, 1.807) is 35.3 Å². The number of nitrogens with one attached hydrogen (secondary N) is 1. The van der Waals surface area contributed by atoms with Crippen molar-refractivity contribution >= 4 is 11.6 Å². The molecule has 0 atom stereocenters. The maximum absolute atomic E-state index is 12.3. The first-order valence-corrected chi connectivity index (χ1v) is 7.58. The van der Waals surface area contributed by atoms with Crippen molar-refractivity contribution in [3.63, 3.8) is 0 Å². The number of hydrogen-bond donors (Lipinski definition) is 2. The van der Waals surface area contributed by atoms with Gasteiger partial charge in [0.2, 0.25) is 0 Å². The van der Waals surface area contributed by atoms with Crippen LogP contribution >= 0.6 is 0 Å². The molecule has 6 nitrogen and oxygen atoms in total. The number of aliphatic hydroxyl groups excluding tert-OH is 1. The van der Waals surface area contributed by atoms with Crippen LogP contribution in [0.15, 0.2) is 30.6 Å². The molecule has 2 aromatic rings. The number of nitrogens with zero attached hydrogens (tertiary/aromatic N) is 2. The van der Waals surface area contributed by atoms with Crippen molar-refractivity contribution in [2.24, 2.45) is 0 Å². The minimum Gasteiger partial charge on any atom is -0.494 e. The van der Waals surface area contributed by atoms with Crippen molar-refractivity contribution in [1.82, 2.24) is 9.78 Å². The fourth-order valence-electron chi connectivity index (χ4n) is 2.09. The maximum Gasteiger partial charge on any atom is 0.258 e. The van der Waals surface area contributed by atoms with E-state index in [4.69, 9.17) is 4.74 Å². The highest BCUT2D eigenvalue weighted by molar-refractivity contribution is 6.04. The number of amides is 1. The van der Waals surface area contributed by atoms with Crippen molar-refractivity contribution in [1.29, 1.82) is 0 Å². The van der Waals surface area contributed by atoms with Crippen LogP contribution in [0.1, 0.15) is 43.6 Å². The first-order valence-electron chi connectivity index (χ1n) is 7.58.